The summed E-state index contributed by atoms with van der Waals surface area (Å²) in [5, 5.41) is 3.04. The van der Waals surface area contributed by atoms with E-state index in [2.05, 4.69) is 60.5 Å². The maximum absolute atomic E-state index is 12.8. The minimum atomic E-state index is -0.147. The molecule has 0 aliphatic heterocycles. The Bertz CT molecular complexity index is 1330. The fourth-order valence-electron chi connectivity index (χ4n) is 5.23. The minimum Gasteiger partial charge on any atom is -0.349 e. The van der Waals surface area contributed by atoms with Gasteiger partial charge >= 0.3 is 0 Å². The van der Waals surface area contributed by atoms with E-state index in [0.29, 0.717) is 23.5 Å². The number of pyridine rings is 1. The minimum absolute atomic E-state index is 0.147. The Hall–Kier alpha value is -3.91. The van der Waals surface area contributed by atoms with E-state index in [-0.39, 0.29) is 11.9 Å². The topological polar surface area (TPSA) is 99.7 Å². The van der Waals surface area contributed by atoms with Crippen LogP contribution in [-0.4, -0.2) is 42.3 Å². The second kappa shape index (κ2) is 11.4. The van der Waals surface area contributed by atoms with Crippen molar-refractivity contribution in [2.75, 3.05) is 6.54 Å². The van der Waals surface area contributed by atoms with Gasteiger partial charge in [0.25, 0.3) is 5.91 Å². The number of H-pyrrole nitrogens is 1. The number of amides is 1. The molecule has 3 heterocycles. The standard InChI is InChI=1S/C29H33N7O/c1-20-27(21(2)35-19-34-20)29(37)33-17-22-6-3-7-23(16-22)18-36(15-11-26-30-13-14-31-26)25-10-4-8-24-9-5-12-32-28(24)25/h3,5-7,9,12-14,16,19,25H,4,8,10-11,15,17-18H2,1-2H3,(H,30,31)(H,33,37). The Kier molecular flexibility index (Phi) is 7.65. The Morgan fingerprint density at radius 3 is 2.70 bits per heavy atom. The van der Waals surface area contributed by atoms with Gasteiger partial charge in [-0.3, -0.25) is 14.7 Å². The van der Waals surface area contributed by atoms with Gasteiger partial charge in [0.1, 0.15) is 12.2 Å². The zero-order chi connectivity index (χ0) is 25.6. The summed E-state index contributed by atoms with van der Waals surface area (Å²) in [7, 11) is 0. The van der Waals surface area contributed by atoms with Gasteiger partial charge in [0.05, 0.1) is 28.7 Å². The van der Waals surface area contributed by atoms with Gasteiger partial charge in [-0.2, -0.15) is 0 Å². The van der Waals surface area contributed by atoms with Gasteiger partial charge < -0.3 is 10.3 Å². The van der Waals surface area contributed by atoms with Gasteiger partial charge in [-0.15, -0.1) is 0 Å². The average molecular weight is 496 g/mol. The number of carbonyl (C=O) groups excluding carboxylic acids is 1. The van der Waals surface area contributed by atoms with Crippen LogP contribution in [0.2, 0.25) is 0 Å². The maximum Gasteiger partial charge on any atom is 0.255 e. The fraction of sp³-hybridized carbons (Fsp3) is 0.345. The Labute approximate surface area is 217 Å². The van der Waals surface area contributed by atoms with Gasteiger partial charge in [0.15, 0.2) is 0 Å². The number of benzene rings is 1. The van der Waals surface area contributed by atoms with Gasteiger partial charge in [-0.25, -0.2) is 15.0 Å². The molecule has 190 valence electrons. The highest BCUT2D eigenvalue weighted by molar-refractivity contribution is 5.96. The Morgan fingerprint density at radius 2 is 1.89 bits per heavy atom. The molecule has 1 atom stereocenters. The molecule has 1 amide bonds. The van der Waals surface area contributed by atoms with Crippen molar-refractivity contribution in [3.8, 4) is 0 Å². The first-order valence-corrected chi connectivity index (χ1v) is 12.9. The highest BCUT2D eigenvalue weighted by Crippen LogP contribution is 2.33. The third kappa shape index (κ3) is 5.91. The Balaban J connectivity index is 1.32. The van der Waals surface area contributed by atoms with E-state index in [1.54, 1.807) is 6.20 Å². The fourth-order valence-corrected chi connectivity index (χ4v) is 5.23. The van der Waals surface area contributed by atoms with E-state index in [9.17, 15) is 4.79 Å². The molecule has 4 aromatic rings. The number of aromatic amines is 1. The van der Waals surface area contributed by atoms with E-state index in [1.165, 1.54) is 23.1 Å². The molecule has 0 saturated heterocycles. The van der Waals surface area contributed by atoms with Crippen molar-refractivity contribution >= 4 is 5.91 Å². The van der Waals surface area contributed by atoms with Crippen LogP contribution in [0.1, 0.15) is 68.8 Å². The van der Waals surface area contributed by atoms with Crippen molar-refractivity contribution in [3.05, 3.63) is 106 Å². The molecule has 2 N–H and O–H groups in total. The number of carbonyl (C=O) groups is 1. The number of nitrogens with one attached hydrogen (secondary N) is 2. The predicted molar refractivity (Wildman–Crippen MR) is 142 cm³/mol. The quantitative estimate of drug-likeness (QED) is 0.360. The van der Waals surface area contributed by atoms with E-state index in [4.69, 9.17) is 4.98 Å². The molecule has 0 bridgehead atoms. The molecule has 1 aliphatic carbocycles. The average Bonchev–Trinajstić information content (AvgIpc) is 3.43. The van der Waals surface area contributed by atoms with Crippen LogP contribution < -0.4 is 5.32 Å². The number of imidazole rings is 1. The van der Waals surface area contributed by atoms with Crippen molar-refractivity contribution in [2.24, 2.45) is 0 Å². The molecule has 0 saturated carbocycles. The maximum atomic E-state index is 12.8. The van der Waals surface area contributed by atoms with Crippen molar-refractivity contribution in [2.45, 2.75) is 58.7 Å². The lowest BCUT2D eigenvalue weighted by atomic mass is 9.90. The second-order valence-corrected chi connectivity index (χ2v) is 9.63. The summed E-state index contributed by atoms with van der Waals surface area (Å²) in [5.74, 6) is 0.847. The monoisotopic (exact) mass is 495 g/mol. The summed E-state index contributed by atoms with van der Waals surface area (Å²) in [4.78, 5) is 36.2. The van der Waals surface area contributed by atoms with Gasteiger partial charge in [0.2, 0.25) is 0 Å². The third-order valence-electron chi connectivity index (χ3n) is 7.08. The molecule has 1 aliphatic rings. The molecule has 37 heavy (non-hydrogen) atoms. The van der Waals surface area contributed by atoms with E-state index < -0.39 is 0 Å². The molecule has 8 nitrogen and oxygen atoms in total. The highest BCUT2D eigenvalue weighted by atomic mass is 16.1. The summed E-state index contributed by atoms with van der Waals surface area (Å²) in [6.07, 6.45) is 11.3. The van der Waals surface area contributed by atoms with E-state index in [1.807, 2.05) is 32.3 Å². The summed E-state index contributed by atoms with van der Waals surface area (Å²) >= 11 is 0. The molecule has 0 fully saturated rings. The molecule has 1 unspecified atom stereocenters. The highest BCUT2D eigenvalue weighted by Gasteiger charge is 2.27. The summed E-state index contributed by atoms with van der Waals surface area (Å²) in [5.41, 5.74) is 6.75. The van der Waals surface area contributed by atoms with Gasteiger partial charge in [-0.1, -0.05) is 30.3 Å². The molecule has 0 spiro atoms. The normalized spacial score (nSPS) is 14.9. The number of aromatic nitrogens is 5. The van der Waals surface area contributed by atoms with Crippen LogP contribution in [0.3, 0.4) is 0 Å². The molecular formula is C29H33N7O. The number of fused-ring (bicyclic) bond motifs is 1. The molecule has 1 aromatic carbocycles. The second-order valence-electron chi connectivity index (χ2n) is 9.63. The zero-order valence-electron chi connectivity index (χ0n) is 21.4. The molecule has 0 radical (unpaired) electrons. The lowest BCUT2D eigenvalue weighted by Gasteiger charge is -2.35. The summed E-state index contributed by atoms with van der Waals surface area (Å²) in [6.45, 7) is 5.79. The lowest BCUT2D eigenvalue weighted by Crippen LogP contribution is -2.33. The van der Waals surface area contributed by atoms with Crippen molar-refractivity contribution in [1.82, 2.24) is 35.1 Å². The smallest absolute Gasteiger partial charge is 0.255 e. The van der Waals surface area contributed by atoms with Crippen LogP contribution in [0.25, 0.3) is 0 Å². The zero-order valence-corrected chi connectivity index (χ0v) is 21.4. The van der Waals surface area contributed by atoms with Crippen LogP contribution in [0.5, 0.6) is 0 Å². The number of nitrogens with zero attached hydrogens (tertiary/aromatic N) is 5. The first-order valence-electron chi connectivity index (χ1n) is 12.9. The van der Waals surface area contributed by atoms with Crippen LogP contribution in [0.15, 0.2) is 61.3 Å². The summed E-state index contributed by atoms with van der Waals surface area (Å²) in [6, 6.07) is 13.0. The van der Waals surface area contributed by atoms with Crippen LogP contribution in [-0.2, 0) is 25.9 Å². The molecule has 5 rings (SSSR count). The number of rotatable bonds is 9. The first kappa shape index (κ1) is 24.8. The van der Waals surface area contributed by atoms with Crippen molar-refractivity contribution in [1.29, 1.82) is 0 Å². The number of hydrogen-bond acceptors (Lipinski definition) is 6. The summed E-state index contributed by atoms with van der Waals surface area (Å²) < 4.78 is 0. The first-order chi connectivity index (χ1) is 18.1. The number of aryl methyl sites for hydroxylation is 3. The largest absolute Gasteiger partial charge is 0.349 e. The van der Waals surface area contributed by atoms with E-state index in [0.717, 1.165) is 50.2 Å². The van der Waals surface area contributed by atoms with Crippen molar-refractivity contribution < 1.29 is 4.79 Å². The van der Waals surface area contributed by atoms with Gasteiger partial charge in [0, 0.05) is 44.6 Å². The third-order valence-corrected chi connectivity index (χ3v) is 7.08. The molecule has 8 heteroatoms. The van der Waals surface area contributed by atoms with Crippen LogP contribution in [0.4, 0.5) is 0 Å². The van der Waals surface area contributed by atoms with Crippen molar-refractivity contribution in [3.63, 3.8) is 0 Å². The lowest BCUT2D eigenvalue weighted by molar-refractivity contribution is 0.0948. The van der Waals surface area contributed by atoms with Gasteiger partial charge in [-0.05, 0) is 55.9 Å². The number of hydrogen-bond donors (Lipinski definition) is 2. The van der Waals surface area contributed by atoms with Crippen LogP contribution >= 0.6 is 0 Å². The predicted octanol–water partition coefficient (Wildman–Crippen LogP) is 4.26. The van der Waals surface area contributed by atoms with E-state index >= 15 is 0 Å². The van der Waals surface area contributed by atoms with Crippen LogP contribution in [0, 0.1) is 13.8 Å². The molecular weight excluding hydrogens is 462 g/mol. The SMILES string of the molecule is Cc1ncnc(C)c1C(=O)NCc1cccc(CN(CCc2ncc[nH]2)C2CCCc3cccnc32)c1. The molecule has 3 aromatic heterocycles. The Morgan fingerprint density at radius 1 is 1.05 bits per heavy atom.